The summed E-state index contributed by atoms with van der Waals surface area (Å²) in [5.41, 5.74) is 1.19. The lowest BCUT2D eigenvalue weighted by molar-refractivity contribution is -0.385. The highest BCUT2D eigenvalue weighted by Crippen LogP contribution is 2.22. The summed E-state index contributed by atoms with van der Waals surface area (Å²) in [7, 11) is 0. The van der Waals surface area contributed by atoms with E-state index in [4.69, 9.17) is 15.3 Å². The lowest BCUT2D eigenvalue weighted by Gasteiger charge is -1.96. The normalized spacial score (nSPS) is 8.42. The van der Waals surface area contributed by atoms with Crippen molar-refractivity contribution >= 4 is 5.69 Å². The minimum Gasteiger partial charge on any atom is -0.508 e. The minimum absolute atomic E-state index is 0.0509. The maximum Gasteiger partial charge on any atom is 0.275 e. The van der Waals surface area contributed by atoms with E-state index in [1.165, 1.54) is 30.3 Å². The Morgan fingerprint density at radius 1 is 0.792 bits per heavy atom. The molecule has 2 rings (SSSR count). The van der Waals surface area contributed by atoms with Gasteiger partial charge in [-0.2, -0.15) is 0 Å². The molecule has 24 heavy (non-hydrogen) atoms. The van der Waals surface area contributed by atoms with Gasteiger partial charge in [0, 0.05) is 5.56 Å². The fraction of sp³-hybridized carbons (Fsp3) is 0.333. The number of phenolic OH excluding ortho intramolecular Hbond substituents is 3. The predicted molar refractivity (Wildman–Crippen MR) is 96.7 cm³/mol. The molecule has 0 atom stereocenters. The second kappa shape index (κ2) is 12.8. The van der Waals surface area contributed by atoms with Crippen molar-refractivity contribution in [3.05, 3.63) is 57.6 Å². The van der Waals surface area contributed by atoms with Gasteiger partial charge < -0.3 is 15.3 Å². The first-order valence-electron chi connectivity index (χ1n) is 7.74. The summed E-state index contributed by atoms with van der Waals surface area (Å²) < 4.78 is 0. The highest BCUT2D eigenvalue weighted by atomic mass is 16.6. The van der Waals surface area contributed by atoms with Crippen molar-refractivity contribution in [2.45, 2.75) is 41.5 Å². The Kier molecular flexibility index (Phi) is 12.5. The number of aromatic hydroxyl groups is 3. The Hall–Kier alpha value is -2.76. The largest absolute Gasteiger partial charge is 0.508 e. The molecule has 0 radical (unpaired) electrons. The van der Waals surface area contributed by atoms with E-state index in [0.717, 1.165) is 6.07 Å². The van der Waals surface area contributed by atoms with Gasteiger partial charge in [0.05, 0.1) is 11.0 Å². The van der Waals surface area contributed by atoms with Crippen molar-refractivity contribution < 1.29 is 20.2 Å². The summed E-state index contributed by atoms with van der Waals surface area (Å²) >= 11 is 0. The molecule has 3 N–H and O–H groups in total. The van der Waals surface area contributed by atoms with Crippen LogP contribution < -0.4 is 0 Å². The maximum atomic E-state index is 10.3. The van der Waals surface area contributed by atoms with Crippen molar-refractivity contribution in [1.29, 1.82) is 0 Å². The predicted octanol–water partition coefficient (Wildman–Crippen LogP) is 5.07. The monoisotopic (exact) mass is 337 g/mol. The van der Waals surface area contributed by atoms with Crippen LogP contribution in [0.2, 0.25) is 0 Å². The number of hydrogen-bond acceptors (Lipinski definition) is 5. The van der Waals surface area contributed by atoms with Gasteiger partial charge in [0.15, 0.2) is 0 Å². The number of nitro groups is 1. The average Bonchev–Trinajstić information content (AvgIpc) is 2.57. The molecule has 0 fully saturated rings. The summed E-state index contributed by atoms with van der Waals surface area (Å²) in [6.07, 6.45) is 0. The third-order valence-electron chi connectivity index (χ3n) is 2.57. The molecular weight excluding hydrogens is 310 g/mol. The molecule has 6 nitrogen and oxygen atoms in total. The Labute approximate surface area is 143 Å². The van der Waals surface area contributed by atoms with Gasteiger partial charge >= 0.3 is 0 Å². The van der Waals surface area contributed by atoms with Crippen LogP contribution >= 0.6 is 0 Å². The van der Waals surface area contributed by atoms with Crippen molar-refractivity contribution in [2.24, 2.45) is 0 Å². The van der Waals surface area contributed by atoms with Gasteiger partial charge in [-0.05, 0) is 49.7 Å². The van der Waals surface area contributed by atoms with Gasteiger partial charge in [-0.25, -0.2) is 0 Å². The molecule has 0 heterocycles. The summed E-state index contributed by atoms with van der Waals surface area (Å²) in [5.74, 6) is 0.320. The Morgan fingerprint density at radius 2 is 1.25 bits per heavy atom. The number of rotatable bonds is 1. The quantitative estimate of drug-likeness (QED) is 0.383. The molecule has 0 aliphatic heterocycles. The molecule has 0 spiro atoms. The maximum absolute atomic E-state index is 10.3. The number of nitrogens with zero attached hydrogens (tertiary/aromatic N) is 1. The van der Waals surface area contributed by atoms with Crippen LogP contribution in [0.4, 0.5) is 5.69 Å². The highest BCUT2D eigenvalue weighted by Gasteiger charge is 2.09. The molecule has 0 aromatic heterocycles. The highest BCUT2D eigenvalue weighted by molar-refractivity contribution is 5.44. The molecule has 2 aromatic rings. The first kappa shape index (κ1) is 23.5. The van der Waals surface area contributed by atoms with E-state index < -0.39 is 4.92 Å². The van der Waals surface area contributed by atoms with Crippen LogP contribution in [0.25, 0.3) is 0 Å². The van der Waals surface area contributed by atoms with E-state index in [1.807, 2.05) is 27.7 Å². The second-order valence-electron chi connectivity index (χ2n) is 4.20. The van der Waals surface area contributed by atoms with Gasteiger partial charge in [0.25, 0.3) is 5.69 Å². The molecule has 0 aliphatic rings. The van der Waals surface area contributed by atoms with Crippen molar-refractivity contribution in [3.8, 4) is 17.2 Å². The Balaban J connectivity index is 0. The molecule has 0 amide bonds. The number of aryl methyl sites for hydroxylation is 2. The Bertz CT molecular complexity index is 627. The van der Waals surface area contributed by atoms with Crippen LogP contribution in [0.15, 0.2) is 36.4 Å². The molecule has 0 saturated heterocycles. The molecule has 134 valence electrons. The van der Waals surface area contributed by atoms with E-state index >= 15 is 0 Å². The smallest absolute Gasteiger partial charge is 0.275 e. The Morgan fingerprint density at radius 3 is 1.62 bits per heavy atom. The molecular formula is C18H27NO5. The van der Waals surface area contributed by atoms with Gasteiger partial charge in [0.1, 0.15) is 17.2 Å². The van der Waals surface area contributed by atoms with E-state index in [0.29, 0.717) is 11.1 Å². The van der Waals surface area contributed by atoms with Gasteiger partial charge in [-0.3, -0.25) is 10.1 Å². The standard InChI is InChI=1S/C7H7NO3.C7H8O2.2C2H6/c1-5-2-3-6(9)4-7(5)8(10)11;1-5-4-6(8)2-3-7(5)9;2*1-2/h2-4,9H,1H3;2-4,8-9H,1H3;2*1-2H3. The lowest BCUT2D eigenvalue weighted by atomic mass is 10.2. The van der Waals surface area contributed by atoms with Gasteiger partial charge in [-0.1, -0.05) is 27.7 Å². The fourth-order valence-corrected chi connectivity index (χ4v) is 1.43. The summed E-state index contributed by atoms with van der Waals surface area (Å²) in [4.78, 5) is 9.75. The summed E-state index contributed by atoms with van der Waals surface area (Å²) in [6, 6.07) is 8.48. The molecule has 0 aliphatic carbocycles. The van der Waals surface area contributed by atoms with Gasteiger partial charge in [-0.15, -0.1) is 0 Å². The number of hydrogen-bond donors (Lipinski definition) is 3. The first-order valence-corrected chi connectivity index (χ1v) is 7.74. The van der Waals surface area contributed by atoms with Crippen LogP contribution in [0.5, 0.6) is 17.2 Å². The van der Waals surface area contributed by atoms with E-state index in [9.17, 15) is 10.1 Å². The van der Waals surface area contributed by atoms with E-state index in [1.54, 1.807) is 13.8 Å². The number of benzene rings is 2. The zero-order valence-corrected chi connectivity index (χ0v) is 15.1. The van der Waals surface area contributed by atoms with Crippen LogP contribution in [0.1, 0.15) is 38.8 Å². The molecule has 2 aromatic carbocycles. The minimum atomic E-state index is -0.519. The lowest BCUT2D eigenvalue weighted by Crippen LogP contribution is -1.90. The number of nitro benzene ring substituents is 1. The van der Waals surface area contributed by atoms with E-state index in [-0.39, 0.29) is 22.9 Å². The third kappa shape index (κ3) is 8.63. The van der Waals surface area contributed by atoms with Crippen LogP contribution in [-0.4, -0.2) is 20.2 Å². The molecule has 0 saturated carbocycles. The fourth-order valence-electron chi connectivity index (χ4n) is 1.43. The zero-order chi connectivity index (χ0) is 19.3. The molecule has 0 bridgehead atoms. The van der Waals surface area contributed by atoms with Crippen molar-refractivity contribution in [3.63, 3.8) is 0 Å². The zero-order valence-electron chi connectivity index (χ0n) is 15.1. The average molecular weight is 337 g/mol. The number of phenols is 3. The second-order valence-corrected chi connectivity index (χ2v) is 4.20. The topological polar surface area (TPSA) is 104 Å². The molecule has 0 unspecified atom stereocenters. The first-order chi connectivity index (χ1) is 11.3. The van der Waals surface area contributed by atoms with Crippen LogP contribution in [0.3, 0.4) is 0 Å². The van der Waals surface area contributed by atoms with Crippen LogP contribution in [-0.2, 0) is 0 Å². The van der Waals surface area contributed by atoms with Crippen molar-refractivity contribution in [1.82, 2.24) is 0 Å². The van der Waals surface area contributed by atoms with Crippen LogP contribution in [0, 0.1) is 24.0 Å². The SMILES string of the molecule is CC.CC.Cc1cc(O)ccc1O.Cc1ccc(O)cc1[N+](=O)[O-]. The summed E-state index contributed by atoms with van der Waals surface area (Å²) in [6.45, 7) is 11.4. The van der Waals surface area contributed by atoms with E-state index in [2.05, 4.69) is 0 Å². The van der Waals surface area contributed by atoms with Gasteiger partial charge in [0.2, 0.25) is 0 Å². The summed E-state index contributed by atoms with van der Waals surface area (Å²) in [5, 5.41) is 36.9. The third-order valence-corrected chi connectivity index (χ3v) is 2.57. The molecule has 6 heteroatoms. The van der Waals surface area contributed by atoms with Crippen molar-refractivity contribution in [2.75, 3.05) is 0 Å².